The standard InChI is InChI=1S/C17H23N3O4/c1-12(16(21)19-14-8-4-2-3-5-9-14)18-17(22)13-7-6-10-15(11-13)20(23)24/h6-7,10-12,14H,2-5,8-9H2,1H3,(H,18,22)(H,19,21)/t12-/m0/s1. The summed E-state index contributed by atoms with van der Waals surface area (Å²) in [6, 6.07) is 4.92. The van der Waals surface area contributed by atoms with Crippen LogP contribution in [-0.4, -0.2) is 28.8 Å². The molecule has 7 heteroatoms. The smallest absolute Gasteiger partial charge is 0.270 e. The van der Waals surface area contributed by atoms with Gasteiger partial charge >= 0.3 is 0 Å². The van der Waals surface area contributed by atoms with Crippen molar-refractivity contribution in [2.75, 3.05) is 0 Å². The van der Waals surface area contributed by atoms with E-state index < -0.39 is 16.9 Å². The van der Waals surface area contributed by atoms with Gasteiger partial charge in [-0.2, -0.15) is 0 Å². The zero-order chi connectivity index (χ0) is 17.5. The lowest BCUT2D eigenvalue weighted by molar-refractivity contribution is -0.384. The maximum absolute atomic E-state index is 12.2. The van der Waals surface area contributed by atoms with Crippen molar-refractivity contribution < 1.29 is 14.5 Å². The van der Waals surface area contributed by atoms with Crippen molar-refractivity contribution in [3.8, 4) is 0 Å². The number of nitrogens with zero attached hydrogens (tertiary/aromatic N) is 1. The van der Waals surface area contributed by atoms with Crippen molar-refractivity contribution in [1.29, 1.82) is 0 Å². The average molecular weight is 333 g/mol. The number of nitro benzene ring substituents is 1. The van der Waals surface area contributed by atoms with E-state index in [9.17, 15) is 19.7 Å². The van der Waals surface area contributed by atoms with Crippen molar-refractivity contribution in [2.24, 2.45) is 0 Å². The van der Waals surface area contributed by atoms with E-state index in [1.54, 1.807) is 6.92 Å². The van der Waals surface area contributed by atoms with Crippen molar-refractivity contribution in [3.05, 3.63) is 39.9 Å². The van der Waals surface area contributed by atoms with Gasteiger partial charge in [0.2, 0.25) is 5.91 Å². The van der Waals surface area contributed by atoms with Gasteiger partial charge in [-0.15, -0.1) is 0 Å². The first-order valence-electron chi connectivity index (χ1n) is 8.33. The SMILES string of the molecule is C[C@H](NC(=O)c1cccc([N+](=O)[O-])c1)C(=O)NC1CCCCCC1. The Morgan fingerprint density at radius 3 is 2.50 bits per heavy atom. The van der Waals surface area contributed by atoms with Gasteiger partial charge in [0.15, 0.2) is 0 Å². The molecule has 0 bridgehead atoms. The third-order valence-corrected chi connectivity index (χ3v) is 4.26. The van der Waals surface area contributed by atoms with Gasteiger partial charge in [0.05, 0.1) is 4.92 Å². The Hall–Kier alpha value is -2.44. The number of benzene rings is 1. The molecule has 0 aliphatic heterocycles. The lowest BCUT2D eigenvalue weighted by atomic mass is 10.1. The second kappa shape index (κ2) is 8.42. The monoisotopic (exact) mass is 333 g/mol. The minimum Gasteiger partial charge on any atom is -0.352 e. The van der Waals surface area contributed by atoms with Crippen LogP contribution in [0.5, 0.6) is 0 Å². The molecule has 0 spiro atoms. The summed E-state index contributed by atoms with van der Waals surface area (Å²) in [7, 11) is 0. The molecular formula is C17H23N3O4. The maximum atomic E-state index is 12.2. The number of hydrogen-bond donors (Lipinski definition) is 2. The minimum absolute atomic E-state index is 0.154. The molecule has 2 N–H and O–H groups in total. The van der Waals surface area contributed by atoms with Crippen LogP contribution in [0.25, 0.3) is 0 Å². The predicted molar refractivity (Wildman–Crippen MR) is 89.7 cm³/mol. The number of nitrogens with one attached hydrogen (secondary N) is 2. The Kier molecular flexibility index (Phi) is 6.28. The van der Waals surface area contributed by atoms with Gasteiger partial charge in [-0.1, -0.05) is 31.7 Å². The summed E-state index contributed by atoms with van der Waals surface area (Å²) < 4.78 is 0. The molecule has 1 aromatic rings. The van der Waals surface area contributed by atoms with Crippen LogP contribution in [0.15, 0.2) is 24.3 Å². The van der Waals surface area contributed by atoms with Gasteiger partial charge in [-0.3, -0.25) is 19.7 Å². The summed E-state index contributed by atoms with van der Waals surface area (Å²) in [5.41, 5.74) is 0.0107. The van der Waals surface area contributed by atoms with Gasteiger partial charge < -0.3 is 10.6 Å². The van der Waals surface area contributed by atoms with Crippen LogP contribution in [0.3, 0.4) is 0 Å². The van der Waals surface area contributed by atoms with Crippen LogP contribution in [0, 0.1) is 10.1 Å². The molecule has 1 aliphatic rings. The van der Waals surface area contributed by atoms with E-state index in [4.69, 9.17) is 0 Å². The van der Waals surface area contributed by atoms with E-state index in [1.807, 2.05) is 0 Å². The molecule has 1 saturated carbocycles. The summed E-state index contributed by atoms with van der Waals surface area (Å²) in [6.45, 7) is 1.61. The zero-order valence-corrected chi connectivity index (χ0v) is 13.8. The molecule has 2 amide bonds. The highest BCUT2D eigenvalue weighted by molar-refractivity contribution is 5.97. The third-order valence-electron chi connectivity index (χ3n) is 4.26. The molecule has 24 heavy (non-hydrogen) atoms. The molecule has 0 aromatic heterocycles. The molecule has 0 unspecified atom stereocenters. The number of non-ortho nitro benzene ring substituents is 1. The van der Waals surface area contributed by atoms with Crippen molar-refractivity contribution in [1.82, 2.24) is 10.6 Å². The second-order valence-electron chi connectivity index (χ2n) is 6.20. The Morgan fingerprint density at radius 1 is 1.21 bits per heavy atom. The number of hydrogen-bond acceptors (Lipinski definition) is 4. The number of carbonyl (C=O) groups excluding carboxylic acids is 2. The third kappa shape index (κ3) is 5.04. The lowest BCUT2D eigenvalue weighted by Gasteiger charge is -2.20. The van der Waals surface area contributed by atoms with Crippen molar-refractivity contribution in [3.63, 3.8) is 0 Å². The Bertz CT molecular complexity index is 610. The molecule has 1 fully saturated rings. The van der Waals surface area contributed by atoms with Gasteiger partial charge in [-0.25, -0.2) is 0 Å². The highest BCUT2D eigenvalue weighted by Crippen LogP contribution is 2.17. The normalized spacial score (nSPS) is 16.7. The number of carbonyl (C=O) groups is 2. The maximum Gasteiger partial charge on any atom is 0.270 e. The fourth-order valence-corrected chi connectivity index (χ4v) is 2.86. The van der Waals surface area contributed by atoms with Crippen molar-refractivity contribution >= 4 is 17.5 Å². The Morgan fingerprint density at radius 2 is 1.88 bits per heavy atom. The number of rotatable bonds is 5. The fourth-order valence-electron chi connectivity index (χ4n) is 2.86. The highest BCUT2D eigenvalue weighted by Gasteiger charge is 2.21. The predicted octanol–water partition coefficient (Wildman–Crippen LogP) is 2.55. The number of nitro groups is 1. The molecule has 0 heterocycles. The molecule has 0 radical (unpaired) electrons. The average Bonchev–Trinajstić information content (AvgIpc) is 2.83. The van der Waals surface area contributed by atoms with Crippen LogP contribution >= 0.6 is 0 Å². The molecule has 2 rings (SSSR count). The van der Waals surface area contributed by atoms with Crippen LogP contribution in [-0.2, 0) is 4.79 Å². The van der Waals surface area contributed by atoms with Gasteiger partial charge in [0, 0.05) is 23.7 Å². The molecule has 7 nitrogen and oxygen atoms in total. The largest absolute Gasteiger partial charge is 0.352 e. The van der Waals surface area contributed by atoms with Crippen LogP contribution in [0.4, 0.5) is 5.69 Å². The Balaban J connectivity index is 1.91. The molecule has 1 atom stereocenters. The highest BCUT2D eigenvalue weighted by atomic mass is 16.6. The van der Waals surface area contributed by atoms with Gasteiger partial charge in [0.1, 0.15) is 6.04 Å². The quantitative estimate of drug-likeness (QED) is 0.491. The van der Waals surface area contributed by atoms with Crippen molar-refractivity contribution in [2.45, 2.75) is 57.5 Å². The van der Waals surface area contributed by atoms with E-state index in [0.717, 1.165) is 25.7 Å². The molecule has 0 saturated heterocycles. The zero-order valence-electron chi connectivity index (χ0n) is 13.8. The molecule has 1 aromatic carbocycles. The summed E-state index contributed by atoms with van der Waals surface area (Å²) in [5, 5.41) is 16.3. The molecule has 130 valence electrons. The van der Waals surface area contributed by atoms with E-state index in [2.05, 4.69) is 10.6 Å². The number of amides is 2. The first kappa shape index (κ1) is 17.9. The van der Waals surface area contributed by atoms with E-state index in [1.165, 1.54) is 37.1 Å². The first-order chi connectivity index (χ1) is 11.5. The summed E-state index contributed by atoms with van der Waals surface area (Å²) in [5.74, 6) is -0.720. The van der Waals surface area contributed by atoms with Gasteiger partial charge in [0.25, 0.3) is 11.6 Å². The second-order valence-corrected chi connectivity index (χ2v) is 6.20. The summed E-state index contributed by atoms with van der Waals surface area (Å²) in [4.78, 5) is 34.6. The summed E-state index contributed by atoms with van der Waals surface area (Å²) >= 11 is 0. The molecule has 1 aliphatic carbocycles. The first-order valence-corrected chi connectivity index (χ1v) is 8.33. The van der Waals surface area contributed by atoms with Crippen LogP contribution in [0.2, 0.25) is 0 Å². The summed E-state index contributed by atoms with van der Waals surface area (Å²) in [6.07, 6.45) is 6.56. The minimum atomic E-state index is -0.694. The topological polar surface area (TPSA) is 101 Å². The van der Waals surface area contributed by atoms with E-state index >= 15 is 0 Å². The Labute approximate surface area is 141 Å². The fraction of sp³-hybridized carbons (Fsp3) is 0.529. The van der Waals surface area contributed by atoms with Crippen LogP contribution < -0.4 is 10.6 Å². The van der Waals surface area contributed by atoms with E-state index in [-0.39, 0.29) is 23.2 Å². The van der Waals surface area contributed by atoms with Gasteiger partial charge in [-0.05, 0) is 25.8 Å². The lowest BCUT2D eigenvalue weighted by Crippen LogP contribution is -2.48. The van der Waals surface area contributed by atoms with Crippen LogP contribution in [0.1, 0.15) is 55.8 Å². The van der Waals surface area contributed by atoms with E-state index in [0.29, 0.717) is 0 Å². The molecular weight excluding hydrogens is 310 g/mol.